The Bertz CT molecular complexity index is 1510. The standard InChI is InChI=1S/C23H16F4N6O/c1-32(21-17-10-18(24)19(28)11-20(17)33-12-29-31-22(33)30-21)15-4-2-3-14(9-15)13-5-7-16(8-6-13)34-23(25,26)27/h2-12H,28H2,1H3. The number of nitrogens with zero attached hydrogens (tertiary/aromatic N) is 5. The summed E-state index contributed by atoms with van der Waals surface area (Å²) >= 11 is 0. The molecule has 0 saturated heterocycles. The molecule has 5 aromatic rings. The van der Waals surface area contributed by atoms with Crippen LogP contribution in [0.5, 0.6) is 5.75 Å². The van der Waals surface area contributed by atoms with Crippen LogP contribution in [0.15, 0.2) is 67.0 Å². The zero-order chi connectivity index (χ0) is 24.0. The molecule has 34 heavy (non-hydrogen) atoms. The first-order valence-corrected chi connectivity index (χ1v) is 9.98. The van der Waals surface area contributed by atoms with Crippen molar-refractivity contribution >= 4 is 33.9 Å². The van der Waals surface area contributed by atoms with Gasteiger partial charge in [-0.3, -0.25) is 4.40 Å². The van der Waals surface area contributed by atoms with E-state index in [9.17, 15) is 17.6 Å². The molecule has 2 aromatic heterocycles. The molecular formula is C23H16F4N6O. The van der Waals surface area contributed by atoms with E-state index in [1.807, 2.05) is 18.2 Å². The molecule has 0 unspecified atom stereocenters. The van der Waals surface area contributed by atoms with Gasteiger partial charge in [-0.1, -0.05) is 24.3 Å². The minimum Gasteiger partial charge on any atom is -0.406 e. The Balaban J connectivity index is 1.55. The van der Waals surface area contributed by atoms with E-state index in [1.165, 1.54) is 42.7 Å². The van der Waals surface area contributed by atoms with Gasteiger partial charge in [0.1, 0.15) is 23.7 Å². The second kappa shape index (κ2) is 7.87. The van der Waals surface area contributed by atoms with Crippen LogP contribution in [-0.2, 0) is 0 Å². The number of aromatic nitrogens is 4. The average Bonchev–Trinajstić information content (AvgIpc) is 3.27. The van der Waals surface area contributed by atoms with Crippen molar-refractivity contribution in [3.8, 4) is 16.9 Å². The van der Waals surface area contributed by atoms with Gasteiger partial charge >= 0.3 is 6.36 Å². The molecule has 7 nitrogen and oxygen atoms in total. The van der Waals surface area contributed by atoms with Crippen LogP contribution in [0.25, 0.3) is 27.8 Å². The topological polar surface area (TPSA) is 81.6 Å². The maximum Gasteiger partial charge on any atom is 0.573 e. The predicted octanol–water partition coefficient (Wildman–Crippen LogP) is 5.33. The highest BCUT2D eigenvalue weighted by Crippen LogP contribution is 2.34. The first-order valence-electron chi connectivity index (χ1n) is 9.98. The van der Waals surface area contributed by atoms with E-state index >= 15 is 0 Å². The second-order valence-electron chi connectivity index (χ2n) is 7.51. The number of ether oxygens (including phenoxy) is 1. The lowest BCUT2D eigenvalue weighted by atomic mass is 10.0. The highest BCUT2D eigenvalue weighted by molar-refractivity contribution is 5.95. The minimum atomic E-state index is -4.75. The highest BCUT2D eigenvalue weighted by atomic mass is 19.4. The van der Waals surface area contributed by atoms with Crippen molar-refractivity contribution in [3.63, 3.8) is 0 Å². The fourth-order valence-corrected chi connectivity index (χ4v) is 3.71. The molecule has 5 rings (SSSR count). The van der Waals surface area contributed by atoms with Crippen LogP contribution in [0.4, 0.5) is 34.8 Å². The van der Waals surface area contributed by atoms with Crippen LogP contribution < -0.4 is 15.4 Å². The van der Waals surface area contributed by atoms with E-state index in [-0.39, 0.29) is 11.4 Å². The molecule has 0 saturated carbocycles. The van der Waals surface area contributed by atoms with Crippen LogP contribution in [0.1, 0.15) is 0 Å². The quantitative estimate of drug-likeness (QED) is 0.284. The number of hydrogen-bond donors (Lipinski definition) is 1. The molecule has 3 aromatic carbocycles. The Kier molecular flexibility index (Phi) is 4.96. The normalized spacial score (nSPS) is 11.8. The fourth-order valence-electron chi connectivity index (χ4n) is 3.71. The molecule has 0 radical (unpaired) electrons. The molecule has 0 aliphatic rings. The van der Waals surface area contributed by atoms with E-state index in [0.717, 1.165) is 5.56 Å². The van der Waals surface area contributed by atoms with Crippen LogP contribution in [0, 0.1) is 5.82 Å². The smallest absolute Gasteiger partial charge is 0.406 e. The monoisotopic (exact) mass is 468 g/mol. The Morgan fingerprint density at radius 2 is 1.76 bits per heavy atom. The summed E-state index contributed by atoms with van der Waals surface area (Å²) < 4.78 is 57.2. The van der Waals surface area contributed by atoms with Crippen molar-refractivity contribution in [3.05, 3.63) is 72.8 Å². The fraction of sp³-hybridized carbons (Fsp3) is 0.0870. The summed E-state index contributed by atoms with van der Waals surface area (Å²) in [6, 6.07) is 15.7. The molecule has 0 atom stereocenters. The minimum absolute atomic E-state index is 0.0118. The number of alkyl halides is 3. The number of anilines is 3. The first-order chi connectivity index (χ1) is 16.2. The van der Waals surface area contributed by atoms with Gasteiger partial charge in [-0.05, 0) is 47.5 Å². The molecule has 2 N–H and O–H groups in total. The Morgan fingerprint density at radius 3 is 2.50 bits per heavy atom. The summed E-state index contributed by atoms with van der Waals surface area (Å²) in [6.07, 6.45) is -3.28. The zero-order valence-corrected chi connectivity index (χ0v) is 17.6. The lowest BCUT2D eigenvalue weighted by molar-refractivity contribution is -0.274. The number of nitrogens with two attached hydrogens (primary N) is 1. The maximum atomic E-state index is 14.3. The van der Waals surface area contributed by atoms with E-state index in [4.69, 9.17) is 5.73 Å². The van der Waals surface area contributed by atoms with E-state index in [0.29, 0.717) is 33.7 Å². The third-order valence-electron chi connectivity index (χ3n) is 5.32. The number of hydrogen-bond acceptors (Lipinski definition) is 6. The predicted molar refractivity (Wildman–Crippen MR) is 119 cm³/mol. The van der Waals surface area contributed by atoms with Crippen molar-refractivity contribution in [2.75, 3.05) is 17.7 Å². The number of nitrogen functional groups attached to an aromatic ring is 1. The van der Waals surface area contributed by atoms with Gasteiger partial charge in [-0.15, -0.1) is 23.4 Å². The second-order valence-corrected chi connectivity index (χ2v) is 7.51. The van der Waals surface area contributed by atoms with Crippen molar-refractivity contribution in [2.24, 2.45) is 0 Å². The lowest BCUT2D eigenvalue weighted by Crippen LogP contribution is -2.16. The summed E-state index contributed by atoms with van der Waals surface area (Å²) in [5.74, 6) is -0.133. The lowest BCUT2D eigenvalue weighted by Gasteiger charge is -2.21. The molecule has 0 spiro atoms. The van der Waals surface area contributed by atoms with E-state index < -0.39 is 12.2 Å². The van der Waals surface area contributed by atoms with Crippen LogP contribution in [-0.4, -0.2) is 33.0 Å². The Hall–Kier alpha value is -4.41. The Morgan fingerprint density at radius 1 is 1.00 bits per heavy atom. The largest absolute Gasteiger partial charge is 0.573 e. The van der Waals surface area contributed by atoms with Crippen LogP contribution in [0.3, 0.4) is 0 Å². The van der Waals surface area contributed by atoms with Gasteiger partial charge in [0.05, 0.1) is 11.2 Å². The zero-order valence-electron chi connectivity index (χ0n) is 17.6. The summed E-state index contributed by atoms with van der Waals surface area (Å²) in [4.78, 5) is 6.30. The van der Waals surface area contributed by atoms with Crippen LogP contribution >= 0.6 is 0 Å². The molecule has 0 amide bonds. The van der Waals surface area contributed by atoms with Gasteiger partial charge in [0.25, 0.3) is 5.78 Å². The summed E-state index contributed by atoms with van der Waals surface area (Å²) in [6.45, 7) is 0. The first kappa shape index (κ1) is 21.4. The van der Waals surface area contributed by atoms with Gasteiger partial charge in [0.15, 0.2) is 0 Å². The SMILES string of the molecule is CN(c1cccc(-c2ccc(OC(F)(F)F)cc2)c1)c1nc2nncn2c2cc(N)c(F)cc12. The maximum absolute atomic E-state index is 14.3. The molecular weight excluding hydrogens is 452 g/mol. The summed E-state index contributed by atoms with van der Waals surface area (Å²) in [5.41, 5.74) is 8.51. The number of rotatable bonds is 4. The third kappa shape index (κ3) is 3.91. The molecule has 0 fully saturated rings. The Labute approximate surface area is 190 Å². The van der Waals surface area contributed by atoms with Gasteiger partial charge < -0.3 is 15.4 Å². The molecule has 2 heterocycles. The van der Waals surface area contributed by atoms with E-state index in [1.54, 1.807) is 22.4 Å². The molecule has 172 valence electrons. The average molecular weight is 468 g/mol. The van der Waals surface area contributed by atoms with Crippen LogP contribution in [0.2, 0.25) is 0 Å². The molecule has 0 aliphatic carbocycles. The molecule has 0 aliphatic heterocycles. The van der Waals surface area contributed by atoms with E-state index in [2.05, 4.69) is 19.9 Å². The van der Waals surface area contributed by atoms with Gasteiger partial charge in [0.2, 0.25) is 0 Å². The van der Waals surface area contributed by atoms with Crippen molar-refractivity contribution in [1.82, 2.24) is 19.6 Å². The number of halogens is 4. The van der Waals surface area contributed by atoms with Crippen molar-refractivity contribution in [1.29, 1.82) is 0 Å². The molecule has 0 bridgehead atoms. The summed E-state index contributed by atoms with van der Waals surface area (Å²) in [7, 11) is 1.77. The van der Waals surface area contributed by atoms with Crippen molar-refractivity contribution in [2.45, 2.75) is 6.36 Å². The number of fused-ring (bicyclic) bond motifs is 3. The van der Waals surface area contributed by atoms with Gasteiger partial charge in [0, 0.05) is 18.1 Å². The van der Waals surface area contributed by atoms with Crippen molar-refractivity contribution < 1.29 is 22.3 Å². The third-order valence-corrected chi connectivity index (χ3v) is 5.32. The number of benzene rings is 3. The van der Waals surface area contributed by atoms with Gasteiger partial charge in [-0.25, -0.2) is 4.39 Å². The molecule has 11 heteroatoms. The van der Waals surface area contributed by atoms with Gasteiger partial charge in [-0.2, -0.15) is 4.98 Å². The highest BCUT2D eigenvalue weighted by Gasteiger charge is 2.31. The summed E-state index contributed by atoms with van der Waals surface area (Å²) in [5, 5.41) is 8.38.